The van der Waals surface area contributed by atoms with Crippen LogP contribution in [0.2, 0.25) is 0 Å². The monoisotopic (exact) mass is 164 g/mol. The quantitative estimate of drug-likeness (QED) is 0.611. The van der Waals surface area contributed by atoms with Gasteiger partial charge >= 0.3 is 6.03 Å². The Morgan fingerprint density at radius 2 is 2.10 bits per heavy atom. The van der Waals surface area contributed by atoms with E-state index in [0.717, 1.165) is 0 Å². The lowest BCUT2D eigenvalue weighted by atomic mass is 10.7. The van der Waals surface area contributed by atoms with E-state index in [1.165, 1.54) is 12.5 Å². The summed E-state index contributed by atoms with van der Waals surface area (Å²) in [4.78, 5) is 10.6. The fourth-order valence-corrected chi connectivity index (χ4v) is 0.847. The Hall–Kier alpha value is -0.580. The van der Waals surface area contributed by atoms with Gasteiger partial charge in [0.05, 0.1) is 9.73 Å². The van der Waals surface area contributed by atoms with Gasteiger partial charge in [-0.15, -0.1) is 4.36 Å². The van der Waals surface area contributed by atoms with Gasteiger partial charge in [0.2, 0.25) is 0 Å². The molecule has 0 aliphatic rings. The molecule has 0 aliphatic heterocycles. The summed E-state index contributed by atoms with van der Waals surface area (Å²) in [6.45, 7) is 2.29. The summed E-state index contributed by atoms with van der Waals surface area (Å²) in [7, 11) is -2.28. The topological polar surface area (TPSA) is 58.5 Å². The minimum atomic E-state index is -2.28. The Bertz CT molecular complexity index is 220. The van der Waals surface area contributed by atoms with E-state index in [-0.39, 0.29) is 0 Å². The van der Waals surface area contributed by atoms with Crippen LogP contribution in [0.15, 0.2) is 4.36 Å². The van der Waals surface area contributed by atoms with Gasteiger partial charge in [-0.2, -0.15) is 0 Å². The Morgan fingerprint density at radius 3 is 2.40 bits per heavy atom. The van der Waals surface area contributed by atoms with E-state index in [1.54, 1.807) is 6.92 Å². The zero-order valence-electron chi connectivity index (χ0n) is 6.38. The number of carbonyl (C=O) groups is 1. The van der Waals surface area contributed by atoms with Crippen LogP contribution in [0.1, 0.15) is 6.92 Å². The predicted molar refractivity (Wildman–Crippen MR) is 41.5 cm³/mol. The average Bonchev–Trinajstić information content (AvgIpc) is 1.59. The first kappa shape index (κ1) is 9.42. The Morgan fingerprint density at radius 1 is 1.60 bits per heavy atom. The van der Waals surface area contributed by atoms with Crippen LogP contribution in [0, 0.1) is 0 Å². The van der Waals surface area contributed by atoms with Crippen molar-refractivity contribution >= 4 is 15.8 Å². The highest BCUT2D eigenvalue weighted by Crippen LogP contribution is 1.83. The molecule has 5 heteroatoms. The highest BCUT2D eigenvalue weighted by molar-refractivity contribution is 7.92. The number of nitrogens with zero attached hydrogens (tertiary/aromatic N) is 1. The molecule has 0 bridgehead atoms. The second-order valence-electron chi connectivity index (χ2n) is 2.11. The standard InChI is InChI=1S/C5H12N2O2S/c1-4-6-5(8)7-10(2,3)9/h4H2,1-3H3,(H,6,8). The van der Waals surface area contributed by atoms with Crippen molar-refractivity contribution in [2.75, 3.05) is 19.1 Å². The third-order valence-corrected chi connectivity index (χ3v) is 1.24. The molecule has 0 aromatic carbocycles. The molecule has 0 aromatic heterocycles. The van der Waals surface area contributed by atoms with Crippen molar-refractivity contribution in [1.29, 1.82) is 0 Å². The van der Waals surface area contributed by atoms with Gasteiger partial charge in [-0.3, -0.25) is 0 Å². The van der Waals surface area contributed by atoms with Crippen LogP contribution < -0.4 is 5.32 Å². The van der Waals surface area contributed by atoms with Crippen molar-refractivity contribution < 1.29 is 9.00 Å². The molecule has 0 aromatic rings. The van der Waals surface area contributed by atoms with Crippen molar-refractivity contribution in [3.05, 3.63) is 0 Å². The summed E-state index contributed by atoms with van der Waals surface area (Å²) in [6, 6.07) is -0.502. The minimum Gasteiger partial charge on any atom is -0.336 e. The molecule has 0 unspecified atom stereocenters. The maximum atomic E-state index is 10.8. The van der Waals surface area contributed by atoms with E-state index < -0.39 is 15.8 Å². The van der Waals surface area contributed by atoms with E-state index in [1.807, 2.05) is 0 Å². The van der Waals surface area contributed by atoms with Gasteiger partial charge in [-0.05, 0) is 6.92 Å². The van der Waals surface area contributed by atoms with Crippen LogP contribution in [0.5, 0.6) is 0 Å². The fraction of sp³-hybridized carbons (Fsp3) is 0.800. The van der Waals surface area contributed by atoms with Gasteiger partial charge in [-0.1, -0.05) is 0 Å². The number of nitrogens with one attached hydrogen (secondary N) is 1. The smallest absolute Gasteiger partial charge is 0.336 e. The zero-order chi connectivity index (χ0) is 8.20. The Balaban J connectivity index is 4.16. The average molecular weight is 164 g/mol. The Kier molecular flexibility index (Phi) is 3.35. The second-order valence-corrected chi connectivity index (χ2v) is 4.65. The zero-order valence-corrected chi connectivity index (χ0v) is 7.20. The lowest BCUT2D eigenvalue weighted by Gasteiger charge is -1.95. The summed E-state index contributed by atoms with van der Waals surface area (Å²) < 4.78 is 14.2. The maximum Gasteiger partial charge on any atom is 0.349 e. The molecule has 0 saturated carbocycles. The molecule has 0 saturated heterocycles. The minimum absolute atomic E-state index is 0.502. The van der Waals surface area contributed by atoms with Crippen molar-refractivity contribution in [3.63, 3.8) is 0 Å². The Labute approximate surface area is 61.2 Å². The molecule has 0 heterocycles. The van der Waals surface area contributed by atoms with Crippen LogP contribution >= 0.6 is 0 Å². The summed E-state index contributed by atoms with van der Waals surface area (Å²) in [5, 5.41) is 2.42. The molecule has 0 aliphatic carbocycles. The molecule has 0 fully saturated rings. The molecule has 2 amide bonds. The fourth-order valence-electron chi connectivity index (χ4n) is 0.383. The summed E-state index contributed by atoms with van der Waals surface area (Å²) in [5.41, 5.74) is 0. The lowest BCUT2D eigenvalue weighted by molar-refractivity contribution is 0.250. The van der Waals surface area contributed by atoms with Crippen LogP contribution in [0.25, 0.3) is 0 Å². The molecule has 0 rings (SSSR count). The highest BCUT2D eigenvalue weighted by atomic mass is 32.2. The van der Waals surface area contributed by atoms with Crippen molar-refractivity contribution in [2.45, 2.75) is 6.92 Å². The first-order chi connectivity index (χ1) is 4.45. The maximum absolute atomic E-state index is 10.8. The number of carbonyl (C=O) groups excluding carboxylic acids is 1. The molecule has 1 N–H and O–H groups in total. The predicted octanol–water partition coefficient (Wildman–Crippen LogP) is 0.444. The summed E-state index contributed by atoms with van der Waals surface area (Å²) in [6.07, 6.45) is 2.84. The van der Waals surface area contributed by atoms with Crippen molar-refractivity contribution in [1.82, 2.24) is 5.32 Å². The normalized spacial score (nSPS) is 10.7. The van der Waals surface area contributed by atoms with E-state index in [9.17, 15) is 9.00 Å². The molecular formula is C5H12N2O2S. The SMILES string of the molecule is CCNC(=O)N=S(C)(C)=O. The lowest BCUT2D eigenvalue weighted by Crippen LogP contribution is -2.19. The molecule has 4 nitrogen and oxygen atoms in total. The van der Waals surface area contributed by atoms with Crippen LogP contribution in [-0.2, 0) is 9.73 Å². The molecule has 10 heavy (non-hydrogen) atoms. The van der Waals surface area contributed by atoms with Gasteiger partial charge < -0.3 is 5.32 Å². The number of hydrogen-bond acceptors (Lipinski definition) is 2. The third kappa shape index (κ3) is 5.55. The highest BCUT2D eigenvalue weighted by Gasteiger charge is 1.96. The number of urea groups is 1. The first-order valence-electron chi connectivity index (χ1n) is 2.90. The van der Waals surface area contributed by atoms with Crippen LogP contribution in [0.4, 0.5) is 4.79 Å². The molecule has 0 spiro atoms. The third-order valence-electron chi connectivity index (χ3n) is 0.631. The van der Waals surface area contributed by atoms with Gasteiger partial charge in [0.25, 0.3) is 0 Å². The van der Waals surface area contributed by atoms with E-state index in [0.29, 0.717) is 6.54 Å². The molecule has 60 valence electrons. The van der Waals surface area contributed by atoms with Gasteiger partial charge in [-0.25, -0.2) is 9.00 Å². The van der Waals surface area contributed by atoms with Gasteiger partial charge in [0, 0.05) is 19.1 Å². The molecule has 0 atom stereocenters. The first-order valence-corrected chi connectivity index (χ1v) is 5.24. The summed E-state index contributed by atoms with van der Waals surface area (Å²) in [5.74, 6) is 0. The van der Waals surface area contributed by atoms with E-state index >= 15 is 0 Å². The van der Waals surface area contributed by atoms with Crippen LogP contribution in [-0.4, -0.2) is 29.3 Å². The van der Waals surface area contributed by atoms with Crippen molar-refractivity contribution in [2.24, 2.45) is 4.36 Å². The molecular weight excluding hydrogens is 152 g/mol. The second kappa shape index (κ2) is 3.55. The number of rotatable bonds is 1. The van der Waals surface area contributed by atoms with Crippen LogP contribution in [0.3, 0.4) is 0 Å². The molecule has 0 radical (unpaired) electrons. The van der Waals surface area contributed by atoms with E-state index in [2.05, 4.69) is 9.68 Å². The summed E-state index contributed by atoms with van der Waals surface area (Å²) >= 11 is 0. The van der Waals surface area contributed by atoms with E-state index in [4.69, 9.17) is 0 Å². The largest absolute Gasteiger partial charge is 0.349 e. The van der Waals surface area contributed by atoms with Gasteiger partial charge in [0.1, 0.15) is 0 Å². The van der Waals surface area contributed by atoms with Gasteiger partial charge in [0.15, 0.2) is 0 Å². The number of amides is 2. The van der Waals surface area contributed by atoms with Crippen molar-refractivity contribution in [3.8, 4) is 0 Å². The number of hydrogen-bond donors (Lipinski definition) is 1.